The lowest BCUT2D eigenvalue weighted by Crippen LogP contribution is -2.52. The monoisotopic (exact) mass is 462 g/mol. The number of carbonyl (C=O) groups excluding carboxylic acids is 2. The summed E-state index contributed by atoms with van der Waals surface area (Å²) in [6, 6.07) is 13.0. The fourth-order valence-electron chi connectivity index (χ4n) is 3.57. The molecule has 26 heavy (non-hydrogen) atoms. The van der Waals surface area contributed by atoms with Crippen molar-refractivity contribution in [3.63, 3.8) is 0 Å². The minimum Gasteiger partial charge on any atom is -0.354 e. The van der Waals surface area contributed by atoms with Crippen molar-refractivity contribution < 1.29 is 9.59 Å². The predicted octanol–water partition coefficient (Wildman–Crippen LogP) is 2.14. The van der Waals surface area contributed by atoms with Crippen LogP contribution in [0.4, 0.5) is 11.5 Å². The van der Waals surface area contributed by atoms with Gasteiger partial charge < -0.3 is 4.90 Å². The number of carbonyl (C=O) groups is 2. The Morgan fingerprint density at radius 3 is 2.35 bits per heavy atom. The van der Waals surface area contributed by atoms with Crippen molar-refractivity contribution >= 4 is 45.9 Å². The van der Waals surface area contributed by atoms with E-state index >= 15 is 0 Å². The van der Waals surface area contributed by atoms with Gasteiger partial charge in [-0.3, -0.25) is 14.5 Å². The van der Waals surface area contributed by atoms with Crippen LogP contribution in [-0.4, -0.2) is 53.9 Å². The van der Waals surface area contributed by atoms with Gasteiger partial charge in [-0.05, 0) is 59.0 Å². The maximum absolute atomic E-state index is 12.9. The fraction of sp³-hybridized carbons (Fsp3) is 0.316. The number of rotatable bonds is 3. The van der Waals surface area contributed by atoms with Crippen LogP contribution in [-0.2, 0) is 9.59 Å². The van der Waals surface area contributed by atoms with Crippen LogP contribution in [0.3, 0.4) is 0 Å². The number of halogens is 1. The third-order valence-electron chi connectivity index (χ3n) is 4.94. The van der Waals surface area contributed by atoms with Crippen LogP contribution < -0.4 is 9.80 Å². The van der Waals surface area contributed by atoms with Crippen LogP contribution in [0.2, 0.25) is 0 Å². The Bertz CT molecular complexity index is 804. The molecule has 0 bridgehead atoms. The molecule has 1 atom stereocenters. The standard InChI is InChI=1S/C19H19IN4O2/c20-14-4-6-15(7-5-14)24-18(25)13-16(19(24)26)22-9-11-23(12-10-22)17-3-1-2-8-21-17/h1-8,16H,9-13H2. The van der Waals surface area contributed by atoms with Crippen molar-refractivity contribution in [2.45, 2.75) is 12.5 Å². The van der Waals surface area contributed by atoms with Crippen LogP contribution in [0.25, 0.3) is 0 Å². The molecule has 1 unspecified atom stereocenters. The molecule has 0 saturated carbocycles. The van der Waals surface area contributed by atoms with E-state index in [4.69, 9.17) is 0 Å². The van der Waals surface area contributed by atoms with Gasteiger partial charge >= 0.3 is 0 Å². The highest BCUT2D eigenvalue weighted by Gasteiger charge is 2.43. The third-order valence-corrected chi connectivity index (χ3v) is 5.66. The highest BCUT2D eigenvalue weighted by atomic mass is 127. The summed E-state index contributed by atoms with van der Waals surface area (Å²) in [6.07, 6.45) is 2.05. The van der Waals surface area contributed by atoms with E-state index in [9.17, 15) is 9.59 Å². The first-order valence-corrected chi connectivity index (χ1v) is 9.74. The Labute approximate surface area is 165 Å². The fourth-order valence-corrected chi connectivity index (χ4v) is 3.93. The number of aromatic nitrogens is 1. The summed E-state index contributed by atoms with van der Waals surface area (Å²) in [4.78, 5) is 35.4. The maximum Gasteiger partial charge on any atom is 0.251 e. The molecule has 0 aliphatic carbocycles. The van der Waals surface area contributed by atoms with Gasteiger partial charge in [-0.1, -0.05) is 6.07 Å². The van der Waals surface area contributed by atoms with Crippen LogP contribution >= 0.6 is 22.6 Å². The molecule has 134 valence electrons. The second-order valence-corrected chi connectivity index (χ2v) is 7.72. The first-order chi connectivity index (χ1) is 12.6. The minimum absolute atomic E-state index is 0.109. The van der Waals surface area contributed by atoms with E-state index in [0.717, 1.165) is 35.6 Å². The zero-order valence-electron chi connectivity index (χ0n) is 14.2. The molecule has 2 amide bonds. The molecule has 2 saturated heterocycles. The summed E-state index contributed by atoms with van der Waals surface area (Å²) in [5.41, 5.74) is 0.662. The summed E-state index contributed by atoms with van der Waals surface area (Å²) in [6.45, 7) is 3.11. The maximum atomic E-state index is 12.9. The molecule has 0 spiro atoms. The van der Waals surface area contributed by atoms with E-state index in [2.05, 4.69) is 37.4 Å². The number of hydrogen-bond donors (Lipinski definition) is 0. The lowest BCUT2D eigenvalue weighted by atomic mass is 10.1. The molecule has 1 aromatic heterocycles. The molecule has 1 aromatic carbocycles. The topological polar surface area (TPSA) is 56.8 Å². The number of amides is 2. The van der Waals surface area contributed by atoms with E-state index in [0.29, 0.717) is 5.69 Å². The summed E-state index contributed by atoms with van der Waals surface area (Å²) in [7, 11) is 0. The van der Waals surface area contributed by atoms with E-state index in [1.54, 1.807) is 6.20 Å². The summed E-state index contributed by atoms with van der Waals surface area (Å²) in [5, 5.41) is 0. The number of piperazine rings is 1. The molecule has 0 radical (unpaired) electrons. The number of hydrogen-bond acceptors (Lipinski definition) is 5. The number of anilines is 2. The number of imide groups is 1. The molecule has 7 heteroatoms. The average Bonchev–Trinajstić information content (AvgIpc) is 2.98. The van der Waals surface area contributed by atoms with Gasteiger partial charge in [0, 0.05) is 35.9 Å². The highest BCUT2D eigenvalue weighted by molar-refractivity contribution is 14.1. The molecular weight excluding hydrogens is 443 g/mol. The Balaban J connectivity index is 1.44. The second kappa shape index (κ2) is 7.32. The van der Waals surface area contributed by atoms with E-state index in [1.165, 1.54) is 4.90 Å². The van der Waals surface area contributed by atoms with Crippen LogP contribution in [0.15, 0.2) is 48.7 Å². The quantitative estimate of drug-likeness (QED) is 0.517. The molecule has 4 rings (SSSR count). The zero-order valence-corrected chi connectivity index (χ0v) is 16.4. The van der Waals surface area contributed by atoms with Gasteiger partial charge in [-0.25, -0.2) is 9.88 Å². The molecule has 2 aliphatic rings. The normalized spacial score (nSPS) is 21.5. The molecule has 2 aliphatic heterocycles. The third kappa shape index (κ3) is 3.33. The van der Waals surface area contributed by atoms with E-state index in [-0.39, 0.29) is 24.3 Å². The largest absolute Gasteiger partial charge is 0.354 e. The smallest absolute Gasteiger partial charge is 0.251 e. The average molecular weight is 462 g/mol. The highest BCUT2D eigenvalue weighted by Crippen LogP contribution is 2.27. The minimum atomic E-state index is -0.354. The summed E-state index contributed by atoms with van der Waals surface area (Å²) < 4.78 is 1.08. The number of benzene rings is 1. The van der Waals surface area contributed by atoms with Gasteiger partial charge in [0.25, 0.3) is 5.91 Å². The molecule has 6 nitrogen and oxygen atoms in total. The SMILES string of the molecule is O=C1CC(N2CCN(c3ccccn3)CC2)C(=O)N1c1ccc(I)cc1. The Hall–Kier alpha value is -2.00. The van der Waals surface area contributed by atoms with Gasteiger partial charge in [-0.15, -0.1) is 0 Å². The number of pyridine rings is 1. The Morgan fingerprint density at radius 2 is 1.69 bits per heavy atom. The van der Waals surface area contributed by atoms with Crippen LogP contribution in [0.1, 0.15) is 6.42 Å². The van der Waals surface area contributed by atoms with Crippen molar-refractivity contribution in [3.05, 3.63) is 52.2 Å². The van der Waals surface area contributed by atoms with Gasteiger partial charge in [-0.2, -0.15) is 0 Å². The second-order valence-electron chi connectivity index (χ2n) is 6.47. The lowest BCUT2D eigenvalue weighted by molar-refractivity contribution is -0.123. The number of nitrogens with zero attached hydrogens (tertiary/aromatic N) is 4. The van der Waals surface area contributed by atoms with Crippen molar-refractivity contribution in [1.82, 2.24) is 9.88 Å². The lowest BCUT2D eigenvalue weighted by Gasteiger charge is -2.37. The van der Waals surface area contributed by atoms with Crippen LogP contribution in [0.5, 0.6) is 0 Å². The molecule has 0 N–H and O–H groups in total. The van der Waals surface area contributed by atoms with Crippen LogP contribution in [0, 0.1) is 3.57 Å². The zero-order chi connectivity index (χ0) is 18.1. The summed E-state index contributed by atoms with van der Waals surface area (Å²) in [5.74, 6) is 0.734. The van der Waals surface area contributed by atoms with Gasteiger partial charge in [0.1, 0.15) is 5.82 Å². The van der Waals surface area contributed by atoms with Crippen molar-refractivity contribution in [1.29, 1.82) is 0 Å². The Morgan fingerprint density at radius 1 is 0.962 bits per heavy atom. The van der Waals surface area contributed by atoms with E-state index in [1.807, 2.05) is 42.5 Å². The van der Waals surface area contributed by atoms with Crippen molar-refractivity contribution in [2.75, 3.05) is 36.0 Å². The molecular formula is C19H19IN4O2. The molecule has 2 fully saturated rings. The van der Waals surface area contributed by atoms with Gasteiger partial charge in [0.05, 0.1) is 18.2 Å². The molecule has 2 aromatic rings. The summed E-state index contributed by atoms with van der Waals surface area (Å²) >= 11 is 2.21. The van der Waals surface area contributed by atoms with E-state index < -0.39 is 0 Å². The predicted molar refractivity (Wildman–Crippen MR) is 108 cm³/mol. The van der Waals surface area contributed by atoms with Gasteiger partial charge in [0.2, 0.25) is 5.91 Å². The first-order valence-electron chi connectivity index (χ1n) is 8.66. The molecule has 3 heterocycles. The first kappa shape index (κ1) is 17.4. The Kier molecular flexibility index (Phi) is 4.90. The van der Waals surface area contributed by atoms with Gasteiger partial charge in [0.15, 0.2) is 0 Å². The van der Waals surface area contributed by atoms with Crippen molar-refractivity contribution in [3.8, 4) is 0 Å². The van der Waals surface area contributed by atoms with Crippen molar-refractivity contribution in [2.24, 2.45) is 0 Å².